The molecule has 1 aromatic heterocycles. The number of aromatic nitrogens is 3. The van der Waals surface area contributed by atoms with Crippen LogP contribution in [0.2, 0.25) is 0 Å². The molecule has 0 saturated heterocycles. The van der Waals surface area contributed by atoms with Gasteiger partial charge in [0.15, 0.2) is 0 Å². The van der Waals surface area contributed by atoms with Crippen molar-refractivity contribution in [3.8, 4) is 0 Å². The molecule has 0 spiro atoms. The molecule has 0 saturated carbocycles. The maximum atomic E-state index is 4.13. The third-order valence-corrected chi connectivity index (χ3v) is 3.92. The molecule has 106 valence electrons. The summed E-state index contributed by atoms with van der Waals surface area (Å²) in [4.78, 5) is 2.32. The second-order valence-electron chi connectivity index (χ2n) is 5.27. The van der Waals surface area contributed by atoms with Crippen LogP contribution in [0.5, 0.6) is 0 Å². The molecule has 20 heavy (non-hydrogen) atoms. The highest BCUT2D eigenvalue weighted by Gasteiger charge is 2.15. The van der Waals surface area contributed by atoms with Gasteiger partial charge in [-0.2, -0.15) is 0 Å². The lowest BCUT2D eigenvalue weighted by atomic mass is 10.1. The smallest absolute Gasteiger partial charge is 0.146 e. The van der Waals surface area contributed by atoms with Gasteiger partial charge in [-0.1, -0.05) is 12.1 Å². The second kappa shape index (κ2) is 5.63. The zero-order valence-electron chi connectivity index (χ0n) is 12.1. The van der Waals surface area contributed by atoms with Crippen LogP contribution in [-0.4, -0.2) is 28.4 Å². The maximum absolute atomic E-state index is 4.13. The molecule has 5 nitrogen and oxygen atoms in total. The minimum atomic E-state index is 0.755. The molecule has 0 bridgehead atoms. The van der Waals surface area contributed by atoms with Crippen molar-refractivity contribution in [2.24, 2.45) is 0 Å². The lowest BCUT2D eigenvalue weighted by molar-refractivity contribution is 0.612. The summed E-state index contributed by atoms with van der Waals surface area (Å²) in [6.07, 6.45) is 2.94. The van der Waals surface area contributed by atoms with E-state index in [2.05, 4.69) is 57.2 Å². The molecule has 1 aliphatic heterocycles. The van der Waals surface area contributed by atoms with Gasteiger partial charge < -0.3 is 14.8 Å². The number of anilines is 1. The molecule has 0 fully saturated rings. The summed E-state index contributed by atoms with van der Waals surface area (Å²) in [6.45, 7) is 5.77. The summed E-state index contributed by atoms with van der Waals surface area (Å²) in [7, 11) is 2.15. The molecule has 2 heterocycles. The monoisotopic (exact) mass is 271 g/mol. The van der Waals surface area contributed by atoms with Gasteiger partial charge in [0.25, 0.3) is 0 Å². The fraction of sp³-hybridized carbons (Fsp3) is 0.467. The lowest BCUT2D eigenvalue weighted by Crippen LogP contribution is -2.16. The van der Waals surface area contributed by atoms with E-state index in [-0.39, 0.29) is 0 Å². The topological polar surface area (TPSA) is 46.0 Å². The number of aryl methyl sites for hydroxylation is 1. The fourth-order valence-electron chi connectivity index (χ4n) is 2.73. The van der Waals surface area contributed by atoms with Crippen LogP contribution < -0.4 is 10.2 Å². The largest absolute Gasteiger partial charge is 0.374 e. The van der Waals surface area contributed by atoms with Crippen LogP contribution in [0.25, 0.3) is 0 Å². The molecule has 0 amide bonds. The van der Waals surface area contributed by atoms with Crippen LogP contribution in [0.4, 0.5) is 5.69 Å². The van der Waals surface area contributed by atoms with Gasteiger partial charge in [0.1, 0.15) is 12.2 Å². The number of nitrogens with zero attached hydrogens (tertiary/aromatic N) is 4. The van der Waals surface area contributed by atoms with Crippen LogP contribution in [0.3, 0.4) is 0 Å². The highest BCUT2D eigenvalue weighted by Crippen LogP contribution is 2.27. The lowest BCUT2D eigenvalue weighted by Gasteiger charge is -2.12. The van der Waals surface area contributed by atoms with E-state index in [4.69, 9.17) is 0 Å². The average molecular weight is 271 g/mol. The van der Waals surface area contributed by atoms with Crippen molar-refractivity contribution in [2.45, 2.75) is 33.0 Å². The first kappa shape index (κ1) is 13.1. The Morgan fingerprint density at radius 3 is 3.05 bits per heavy atom. The molecule has 1 aromatic carbocycles. The Labute approximate surface area is 119 Å². The van der Waals surface area contributed by atoms with Crippen molar-refractivity contribution in [1.82, 2.24) is 20.1 Å². The Balaban J connectivity index is 1.59. The van der Waals surface area contributed by atoms with Crippen LogP contribution in [0.15, 0.2) is 24.5 Å². The van der Waals surface area contributed by atoms with E-state index in [1.807, 2.05) is 0 Å². The minimum Gasteiger partial charge on any atom is -0.374 e. The summed E-state index contributed by atoms with van der Waals surface area (Å²) < 4.78 is 2.06. The summed E-state index contributed by atoms with van der Waals surface area (Å²) in [5.74, 6) is 0.994. The van der Waals surface area contributed by atoms with Gasteiger partial charge in [-0.05, 0) is 30.5 Å². The Hall–Kier alpha value is -1.88. The van der Waals surface area contributed by atoms with Gasteiger partial charge >= 0.3 is 0 Å². The van der Waals surface area contributed by atoms with Gasteiger partial charge in [0.2, 0.25) is 0 Å². The van der Waals surface area contributed by atoms with Crippen molar-refractivity contribution >= 4 is 5.69 Å². The third-order valence-electron chi connectivity index (χ3n) is 3.92. The predicted molar refractivity (Wildman–Crippen MR) is 79.7 cm³/mol. The summed E-state index contributed by atoms with van der Waals surface area (Å²) in [6, 6.07) is 6.75. The van der Waals surface area contributed by atoms with Crippen LogP contribution in [-0.2, 0) is 26.1 Å². The normalized spacial score (nSPS) is 13.8. The zero-order chi connectivity index (χ0) is 13.9. The van der Waals surface area contributed by atoms with Crippen molar-refractivity contribution in [3.05, 3.63) is 41.5 Å². The molecule has 1 N–H and O–H groups in total. The van der Waals surface area contributed by atoms with Crippen LogP contribution in [0.1, 0.15) is 23.9 Å². The van der Waals surface area contributed by atoms with E-state index in [9.17, 15) is 0 Å². The first-order chi connectivity index (χ1) is 9.78. The second-order valence-corrected chi connectivity index (χ2v) is 5.27. The molecule has 1 aliphatic rings. The van der Waals surface area contributed by atoms with E-state index in [0.717, 1.165) is 38.4 Å². The number of nitrogens with one attached hydrogen (secondary N) is 1. The standard InChI is InChI=1S/C15H21N5/c1-3-20-11-17-18-15(20)10-16-9-12-4-5-14-13(8-12)6-7-19(14)2/h4-5,8,11,16H,3,6-7,9-10H2,1-2H3. The summed E-state index contributed by atoms with van der Waals surface area (Å²) in [5.41, 5.74) is 4.17. The molecule has 0 unspecified atom stereocenters. The van der Waals surface area contributed by atoms with E-state index < -0.39 is 0 Å². The number of hydrogen-bond acceptors (Lipinski definition) is 4. The fourth-order valence-corrected chi connectivity index (χ4v) is 2.73. The quantitative estimate of drug-likeness (QED) is 0.897. The van der Waals surface area contributed by atoms with Crippen LogP contribution >= 0.6 is 0 Å². The zero-order valence-corrected chi connectivity index (χ0v) is 12.1. The number of benzene rings is 1. The summed E-state index contributed by atoms with van der Waals surface area (Å²) in [5, 5.41) is 11.5. The highest BCUT2D eigenvalue weighted by molar-refractivity contribution is 5.58. The molecule has 5 heteroatoms. The van der Waals surface area contributed by atoms with E-state index in [1.165, 1.54) is 16.8 Å². The van der Waals surface area contributed by atoms with E-state index in [0.29, 0.717) is 0 Å². The minimum absolute atomic E-state index is 0.755. The van der Waals surface area contributed by atoms with Crippen molar-refractivity contribution < 1.29 is 0 Å². The molecule has 0 aliphatic carbocycles. The Kier molecular flexibility index (Phi) is 3.69. The van der Waals surface area contributed by atoms with Crippen molar-refractivity contribution in [3.63, 3.8) is 0 Å². The van der Waals surface area contributed by atoms with Gasteiger partial charge in [-0.3, -0.25) is 0 Å². The maximum Gasteiger partial charge on any atom is 0.146 e. The molecule has 2 aromatic rings. The first-order valence-electron chi connectivity index (χ1n) is 7.18. The predicted octanol–water partition coefficient (Wildman–Crippen LogP) is 1.58. The summed E-state index contributed by atoms with van der Waals surface area (Å²) >= 11 is 0. The number of hydrogen-bond donors (Lipinski definition) is 1. The number of fused-ring (bicyclic) bond motifs is 1. The Morgan fingerprint density at radius 1 is 1.30 bits per heavy atom. The van der Waals surface area contributed by atoms with E-state index in [1.54, 1.807) is 6.33 Å². The van der Waals surface area contributed by atoms with Gasteiger partial charge in [0, 0.05) is 32.4 Å². The number of likely N-dealkylation sites (N-methyl/N-ethyl adjacent to an activating group) is 1. The molecule has 3 rings (SSSR count). The third kappa shape index (κ3) is 2.54. The average Bonchev–Trinajstić information content (AvgIpc) is 3.06. The Bertz CT molecular complexity index is 590. The SMILES string of the molecule is CCn1cnnc1CNCc1ccc2c(c1)CCN2C. The van der Waals surface area contributed by atoms with Crippen molar-refractivity contribution in [2.75, 3.05) is 18.5 Å². The molecular weight excluding hydrogens is 250 g/mol. The van der Waals surface area contributed by atoms with Gasteiger partial charge in [-0.25, -0.2) is 0 Å². The van der Waals surface area contributed by atoms with Crippen LogP contribution in [0, 0.1) is 0 Å². The molecular formula is C15H21N5. The Morgan fingerprint density at radius 2 is 2.20 bits per heavy atom. The van der Waals surface area contributed by atoms with Gasteiger partial charge in [-0.15, -0.1) is 10.2 Å². The first-order valence-corrected chi connectivity index (χ1v) is 7.18. The number of rotatable bonds is 5. The highest BCUT2D eigenvalue weighted by atomic mass is 15.3. The van der Waals surface area contributed by atoms with Gasteiger partial charge in [0.05, 0.1) is 6.54 Å². The van der Waals surface area contributed by atoms with E-state index >= 15 is 0 Å². The van der Waals surface area contributed by atoms with Crippen molar-refractivity contribution in [1.29, 1.82) is 0 Å². The molecule has 0 radical (unpaired) electrons. The molecule has 0 atom stereocenters.